The first-order chi connectivity index (χ1) is 9.50. The van der Waals surface area contributed by atoms with E-state index in [1.54, 1.807) is 0 Å². The lowest BCUT2D eigenvalue weighted by Gasteiger charge is -2.23. The zero-order valence-corrected chi connectivity index (χ0v) is 11.5. The number of halogens is 3. The van der Waals surface area contributed by atoms with Gasteiger partial charge in [0.05, 0.1) is 24.9 Å². The lowest BCUT2D eigenvalue weighted by atomic mass is 9.99. The van der Waals surface area contributed by atoms with Crippen LogP contribution >= 0.6 is 0 Å². The normalized spacial score (nSPS) is 21.3. The molecule has 114 valence electrons. The number of nitrogens with zero attached hydrogens (tertiary/aromatic N) is 2. The monoisotopic (exact) mass is 291 g/mol. The van der Waals surface area contributed by atoms with Crippen molar-refractivity contribution in [3.05, 3.63) is 18.0 Å². The molecule has 0 bridgehead atoms. The fourth-order valence-corrected chi connectivity index (χ4v) is 2.39. The molecule has 2 heterocycles. The minimum absolute atomic E-state index is 0.0958. The van der Waals surface area contributed by atoms with Gasteiger partial charge in [-0.05, 0) is 19.4 Å². The highest BCUT2D eigenvalue weighted by atomic mass is 19.4. The van der Waals surface area contributed by atoms with Gasteiger partial charge in [-0.1, -0.05) is 6.92 Å². The van der Waals surface area contributed by atoms with Crippen molar-refractivity contribution in [3.8, 4) is 0 Å². The van der Waals surface area contributed by atoms with Crippen molar-refractivity contribution >= 4 is 0 Å². The molecule has 0 amide bonds. The predicted octanol–water partition coefficient (Wildman–Crippen LogP) is 2.31. The van der Waals surface area contributed by atoms with Crippen LogP contribution in [0.25, 0.3) is 0 Å². The molecule has 4 nitrogen and oxygen atoms in total. The maximum atomic E-state index is 12.6. The van der Waals surface area contributed by atoms with Crippen molar-refractivity contribution in [2.45, 2.75) is 38.5 Å². The lowest BCUT2D eigenvalue weighted by molar-refractivity contribution is -0.137. The molecule has 20 heavy (non-hydrogen) atoms. The number of hydrogen-bond donors (Lipinski definition) is 1. The first-order valence-corrected chi connectivity index (χ1v) is 6.91. The first-order valence-electron chi connectivity index (χ1n) is 6.91. The van der Waals surface area contributed by atoms with E-state index in [4.69, 9.17) is 4.74 Å². The van der Waals surface area contributed by atoms with Crippen LogP contribution in [0.2, 0.25) is 0 Å². The Labute approximate surface area is 116 Å². The Kier molecular flexibility index (Phi) is 5.04. The summed E-state index contributed by atoms with van der Waals surface area (Å²) in [5.41, 5.74) is -0.700. The van der Waals surface area contributed by atoms with E-state index in [1.807, 2.05) is 0 Å². The number of nitrogens with one attached hydrogen (secondary N) is 1. The summed E-state index contributed by atoms with van der Waals surface area (Å²) in [6.45, 7) is 4.72. The summed E-state index contributed by atoms with van der Waals surface area (Å²) in [5, 5.41) is 7.20. The standard InChI is InChI=1S/C13H20F3N3O/c1-2-4-17-12(10-3-5-20-9-10)8-19-7-11(6-18-19)13(14,15)16/h6-7,10,12,17H,2-5,8-9H2,1H3. The molecule has 2 unspecified atom stereocenters. The van der Waals surface area contributed by atoms with E-state index >= 15 is 0 Å². The molecule has 1 saturated heterocycles. The predicted molar refractivity (Wildman–Crippen MR) is 68.2 cm³/mol. The Hall–Kier alpha value is -1.08. The third kappa shape index (κ3) is 3.96. The Morgan fingerprint density at radius 3 is 2.90 bits per heavy atom. The zero-order valence-electron chi connectivity index (χ0n) is 11.5. The van der Waals surface area contributed by atoms with Crippen molar-refractivity contribution < 1.29 is 17.9 Å². The average molecular weight is 291 g/mol. The maximum Gasteiger partial charge on any atom is 0.419 e. The van der Waals surface area contributed by atoms with Gasteiger partial charge in [0, 0.05) is 24.8 Å². The van der Waals surface area contributed by atoms with Crippen LogP contribution in [0.3, 0.4) is 0 Å². The first kappa shape index (κ1) is 15.3. The van der Waals surface area contributed by atoms with Gasteiger partial charge in [0.1, 0.15) is 0 Å². The molecule has 0 spiro atoms. The topological polar surface area (TPSA) is 39.1 Å². The van der Waals surface area contributed by atoms with Gasteiger partial charge in [-0.3, -0.25) is 4.68 Å². The fourth-order valence-electron chi connectivity index (χ4n) is 2.39. The van der Waals surface area contributed by atoms with Crippen LogP contribution in [-0.2, 0) is 17.5 Å². The SMILES string of the molecule is CCCNC(Cn1cc(C(F)(F)F)cn1)C1CCOC1. The van der Waals surface area contributed by atoms with Crippen LogP contribution in [0.4, 0.5) is 13.2 Å². The number of rotatable bonds is 6. The molecule has 1 aromatic rings. The van der Waals surface area contributed by atoms with Crippen LogP contribution < -0.4 is 5.32 Å². The van der Waals surface area contributed by atoms with E-state index in [2.05, 4.69) is 17.3 Å². The smallest absolute Gasteiger partial charge is 0.381 e. The molecule has 1 aromatic heterocycles. The van der Waals surface area contributed by atoms with E-state index in [9.17, 15) is 13.2 Å². The van der Waals surface area contributed by atoms with Gasteiger partial charge in [0.15, 0.2) is 0 Å². The average Bonchev–Trinajstić information content (AvgIpc) is 3.04. The second-order valence-electron chi connectivity index (χ2n) is 5.13. The molecule has 1 fully saturated rings. The summed E-state index contributed by atoms with van der Waals surface area (Å²) in [6, 6.07) is 0.0958. The van der Waals surface area contributed by atoms with Gasteiger partial charge in [0.2, 0.25) is 0 Å². The van der Waals surface area contributed by atoms with Gasteiger partial charge in [-0.2, -0.15) is 18.3 Å². The Morgan fingerprint density at radius 1 is 1.55 bits per heavy atom. The van der Waals surface area contributed by atoms with E-state index in [1.165, 1.54) is 4.68 Å². The molecule has 0 aliphatic carbocycles. The van der Waals surface area contributed by atoms with Gasteiger partial charge >= 0.3 is 6.18 Å². The summed E-state index contributed by atoms with van der Waals surface area (Å²) in [5.74, 6) is 0.333. The Balaban J connectivity index is 2.01. The van der Waals surface area contributed by atoms with Crippen molar-refractivity contribution in [2.75, 3.05) is 19.8 Å². The van der Waals surface area contributed by atoms with E-state index in [0.717, 1.165) is 38.4 Å². The lowest BCUT2D eigenvalue weighted by Crippen LogP contribution is -2.40. The summed E-state index contributed by atoms with van der Waals surface area (Å²) in [4.78, 5) is 0. The van der Waals surface area contributed by atoms with Gasteiger partial charge < -0.3 is 10.1 Å². The summed E-state index contributed by atoms with van der Waals surface area (Å²) in [7, 11) is 0. The molecule has 7 heteroatoms. The van der Waals surface area contributed by atoms with E-state index in [0.29, 0.717) is 19.1 Å². The number of ether oxygens (including phenoxy) is 1. The molecular weight excluding hydrogens is 271 g/mol. The van der Waals surface area contributed by atoms with Crippen LogP contribution in [0.5, 0.6) is 0 Å². The zero-order chi connectivity index (χ0) is 14.6. The Morgan fingerprint density at radius 2 is 2.35 bits per heavy atom. The molecule has 2 rings (SSSR count). The number of aromatic nitrogens is 2. The van der Waals surface area contributed by atoms with E-state index < -0.39 is 11.7 Å². The van der Waals surface area contributed by atoms with Crippen LogP contribution in [0.15, 0.2) is 12.4 Å². The summed E-state index contributed by atoms with van der Waals surface area (Å²) in [6.07, 6.45) is -0.467. The Bertz CT molecular complexity index is 413. The van der Waals surface area contributed by atoms with Crippen molar-refractivity contribution in [1.29, 1.82) is 0 Å². The summed E-state index contributed by atoms with van der Waals surface area (Å²) < 4.78 is 44.4. The van der Waals surface area contributed by atoms with Gasteiger partial charge in [-0.25, -0.2) is 0 Å². The summed E-state index contributed by atoms with van der Waals surface area (Å²) >= 11 is 0. The maximum absolute atomic E-state index is 12.6. The van der Waals surface area contributed by atoms with Crippen molar-refractivity contribution in [1.82, 2.24) is 15.1 Å². The van der Waals surface area contributed by atoms with Crippen LogP contribution in [0, 0.1) is 5.92 Å². The number of alkyl halides is 3. The molecule has 1 aliphatic rings. The second kappa shape index (κ2) is 6.58. The highest BCUT2D eigenvalue weighted by Gasteiger charge is 2.33. The number of hydrogen-bond acceptors (Lipinski definition) is 3. The second-order valence-corrected chi connectivity index (χ2v) is 5.13. The van der Waals surface area contributed by atoms with Crippen LogP contribution in [0.1, 0.15) is 25.3 Å². The van der Waals surface area contributed by atoms with Crippen molar-refractivity contribution in [2.24, 2.45) is 5.92 Å². The molecule has 1 N–H and O–H groups in total. The van der Waals surface area contributed by atoms with Gasteiger partial charge in [0.25, 0.3) is 0 Å². The molecule has 0 aromatic carbocycles. The molecular formula is C13H20F3N3O. The van der Waals surface area contributed by atoms with Gasteiger partial charge in [-0.15, -0.1) is 0 Å². The molecule has 0 radical (unpaired) electrons. The molecule has 2 atom stereocenters. The molecule has 1 aliphatic heterocycles. The third-order valence-corrected chi connectivity index (χ3v) is 3.53. The van der Waals surface area contributed by atoms with Crippen LogP contribution in [-0.4, -0.2) is 35.6 Å². The minimum atomic E-state index is -4.33. The largest absolute Gasteiger partial charge is 0.419 e. The van der Waals surface area contributed by atoms with Crippen molar-refractivity contribution in [3.63, 3.8) is 0 Å². The minimum Gasteiger partial charge on any atom is -0.381 e. The highest BCUT2D eigenvalue weighted by Crippen LogP contribution is 2.28. The third-order valence-electron chi connectivity index (χ3n) is 3.53. The highest BCUT2D eigenvalue weighted by molar-refractivity contribution is 5.08. The fraction of sp³-hybridized carbons (Fsp3) is 0.769. The van der Waals surface area contributed by atoms with E-state index in [-0.39, 0.29) is 6.04 Å². The molecule has 0 saturated carbocycles. The quantitative estimate of drug-likeness (QED) is 0.874.